The Bertz CT molecular complexity index is 212. The van der Waals surface area contributed by atoms with Crippen molar-refractivity contribution in [2.24, 2.45) is 23.7 Å². The second-order valence-electron chi connectivity index (χ2n) is 7.13. The predicted molar refractivity (Wildman–Crippen MR) is 81.8 cm³/mol. The van der Waals surface area contributed by atoms with Gasteiger partial charge in [-0.2, -0.15) is 0 Å². The van der Waals surface area contributed by atoms with Crippen molar-refractivity contribution in [1.82, 2.24) is 5.32 Å². The highest BCUT2D eigenvalue weighted by Crippen LogP contribution is 2.37. The van der Waals surface area contributed by atoms with Crippen LogP contribution >= 0.6 is 0 Å². The number of nitrogens with one attached hydrogen (secondary N) is 1. The second-order valence-corrected chi connectivity index (χ2v) is 7.13. The van der Waals surface area contributed by atoms with Crippen LogP contribution in [0.2, 0.25) is 0 Å². The molecule has 0 heterocycles. The van der Waals surface area contributed by atoms with Gasteiger partial charge < -0.3 is 5.32 Å². The quantitative estimate of drug-likeness (QED) is 0.683. The molecule has 1 aliphatic carbocycles. The zero-order valence-corrected chi connectivity index (χ0v) is 13.3. The van der Waals surface area contributed by atoms with Crippen LogP contribution in [0.1, 0.15) is 73.1 Å². The summed E-state index contributed by atoms with van der Waals surface area (Å²) in [5.74, 6) is 3.79. The van der Waals surface area contributed by atoms with E-state index in [0.29, 0.717) is 6.04 Å². The second kappa shape index (κ2) is 8.19. The van der Waals surface area contributed by atoms with Crippen molar-refractivity contribution in [1.29, 1.82) is 0 Å². The Hall–Kier alpha value is -0.0400. The zero-order chi connectivity index (χ0) is 13.5. The van der Waals surface area contributed by atoms with Gasteiger partial charge in [0.25, 0.3) is 0 Å². The number of rotatable bonds is 7. The molecule has 4 atom stereocenters. The highest BCUT2D eigenvalue weighted by molar-refractivity contribution is 4.81. The molecule has 0 saturated heterocycles. The summed E-state index contributed by atoms with van der Waals surface area (Å²) >= 11 is 0. The van der Waals surface area contributed by atoms with Gasteiger partial charge in [0.15, 0.2) is 0 Å². The standard InChI is InChI=1S/C17H35N/c1-6-7-14(4)10-17-11-15(5)8-9-16(17)12-18-13(2)3/h13-18H,6-12H2,1-5H3. The SMILES string of the molecule is CCCC(C)CC1CC(C)CCC1CNC(C)C. The van der Waals surface area contributed by atoms with Gasteiger partial charge in [-0.25, -0.2) is 0 Å². The Morgan fingerprint density at radius 2 is 1.83 bits per heavy atom. The minimum Gasteiger partial charge on any atom is -0.314 e. The highest BCUT2D eigenvalue weighted by Gasteiger charge is 2.29. The van der Waals surface area contributed by atoms with Gasteiger partial charge in [0, 0.05) is 6.04 Å². The monoisotopic (exact) mass is 253 g/mol. The lowest BCUT2D eigenvalue weighted by atomic mass is 9.71. The molecule has 1 saturated carbocycles. The fraction of sp³-hybridized carbons (Fsp3) is 1.00. The van der Waals surface area contributed by atoms with Crippen molar-refractivity contribution < 1.29 is 0 Å². The summed E-state index contributed by atoms with van der Waals surface area (Å²) < 4.78 is 0. The summed E-state index contributed by atoms with van der Waals surface area (Å²) in [6.45, 7) is 13.0. The maximum Gasteiger partial charge on any atom is 0.00104 e. The Morgan fingerprint density at radius 1 is 1.11 bits per heavy atom. The van der Waals surface area contributed by atoms with E-state index >= 15 is 0 Å². The van der Waals surface area contributed by atoms with E-state index in [1.165, 1.54) is 45.1 Å². The van der Waals surface area contributed by atoms with Crippen LogP contribution in [0, 0.1) is 23.7 Å². The summed E-state index contributed by atoms with van der Waals surface area (Å²) in [5.41, 5.74) is 0. The van der Waals surface area contributed by atoms with Gasteiger partial charge in [-0.05, 0) is 49.5 Å². The molecular formula is C17H35N. The summed E-state index contributed by atoms with van der Waals surface area (Å²) in [6.07, 6.45) is 8.59. The van der Waals surface area contributed by atoms with Crippen LogP contribution in [-0.2, 0) is 0 Å². The van der Waals surface area contributed by atoms with E-state index in [2.05, 4.69) is 39.9 Å². The Labute approximate surface area is 115 Å². The third-order valence-corrected chi connectivity index (χ3v) is 4.68. The van der Waals surface area contributed by atoms with E-state index in [-0.39, 0.29) is 0 Å². The number of hydrogen-bond donors (Lipinski definition) is 1. The Morgan fingerprint density at radius 3 is 2.44 bits per heavy atom. The molecular weight excluding hydrogens is 218 g/mol. The molecule has 0 amide bonds. The molecule has 18 heavy (non-hydrogen) atoms. The fourth-order valence-electron chi connectivity index (χ4n) is 3.63. The van der Waals surface area contributed by atoms with Gasteiger partial charge in [-0.1, -0.05) is 53.9 Å². The van der Waals surface area contributed by atoms with E-state index in [9.17, 15) is 0 Å². The van der Waals surface area contributed by atoms with Crippen molar-refractivity contribution in [3.63, 3.8) is 0 Å². The van der Waals surface area contributed by atoms with Crippen molar-refractivity contribution in [2.75, 3.05) is 6.54 Å². The first-order valence-corrected chi connectivity index (χ1v) is 8.26. The summed E-state index contributed by atoms with van der Waals surface area (Å²) in [7, 11) is 0. The first-order chi connectivity index (χ1) is 8.52. The van der Waals surface area contributed by atoms with E-state index in [1.54, 1.807) is 0 Å². The molecule has 0 aromatic carbocycles. The van der Waals surface area contributed by atoms with Crippen LogP contribution in [0.5, 0.6) is 0 Å². The van der Waals surface area contributed by atoms with Crippen LogP contribution in [-0.4, -0.2) is 12.6 Å². The van der Waals surface area contributed by atoms with E-state index in [0.717, 1.165) is 23.7 Å². The molecule has 1 rings (SSSR count). The molecule has 1 N–H and O–H groups in total. The van der Waals surface area contributed by atoms with Gasteiger partial charge in [0.2, 0.25) is 0 Å². The van der Waals surface area contributed by atoms with Crippen LogP contribution in [0.15, 0.2) is 0 Å². The average molecular weight is 253 g/mol. The maximum absolute atomic E-state index is 3.67. The average Bonchev–Trinajstić information content (AvgIpc) is 2.28. The first-order valence-electron chi connectivity index (χ1n) is 8.26. The van der Waals surface area contributed by atoms with Gasteiger partial charge >= 0.3 is 0 Å². The van der Waals surface area contributed by atoms with E-state index in [4.69, 9.17) is 0 Å². The zero-order valence-electron chi connectivity index (χ0n) is 13.3. The molecule has 1 fully saturated rings. The summed E-state index contributed by atoms with van der Waals surface area (Å²) in [4.78, 5) is 0. The molecule has 1 heteroatoms. The maximum atomic E-state index is 3.67. The van der Waals surface area contributed by atoms with Gasteiger partial charge in [-0.15, -0.1) is 0 Å². The molecule has 108 valence electrons. The molecule has 0 bridgehead atoms. The van der Waals surface area contributed by atoms with Gasteiger partial charge in [0.1, 0.15) is 0 Å². The minimum absolute atomic E-state index is 0.637. The molecule has 1 nitrogen and oxygen atoms in total. The minimum atomic E-state index is 0.637. The largest absolute Gasteiger partial charge is 0.314 e. The number of hydrogen-bond acceptors (Lipinski definition) is 1. The molecule has 0 radical (unpaired) electrons. The Balaban J connectivity index is 2.45. The highest BCUT2D eigenvalue weighted by atomic mass is 14.9. The summed E-state index contributed by atoms with van der Waals surface area (Å²) in [5, 5.41) is 3.67. The van der Waals surface area contributed by atoms with Crippen molar-refractivity contribution >= 4 is 0 Å². The predicted octanol–water partition coefficient (Wildman–Crippen LogP) is 4.86. The topological polar surface area (TPSA) is 12.0 Å². The molecule has 0 aliphatic heterocycles. The Kier molecular flexibility index (Phi) is 7.29. The molecule has 0 aromatic rings. The van der Waals surface area contributed by atoms with Crippen LogP contribution < -0.4 is 5.32 Å². The van der Waals surface area contributed by atoms with E-state index in [1.807, 2.05) is 0 Å². The molecule has 4 unspecified atom stereocenters. The van der Waals surface area contributed by atoms with Crippen molar-refractivity contribution in [2.45, 2.75) is 79.2 Å². The van der Waals surface area contributed by atoms with Gasteiger partial charge in [0.05, 0.1) is 0 Å². The fourth-order valence-corrected chi connectivity index (χ4v) is 3.63. The van der Waals surface area contributed by atoms with Crippen LogP contribution in [0.4, 0.5) is 0 Å². The molecule has 0 aromatic heterocycles. The van der Waals surface area contributed by atoms with E-state index < -0.39 is 0 Å². The third-order valence-electron chi connectivity index (χ3n) is 4.68. The smallest absolute Gasteiger partial charge is 0.00104 e. The third kappa shape index (κ3) is 5.73. The van der Waals surface area contributed by atoms with Crippen LogP contribution in [0.3, 0.4) is 0 Å². The molecule has 1 aliphatic rings. The molecule has 0 spiro atoms. The summed E-state index contributed by atoms with van der Waals surface area (Å²) in [6, 6.07) is 0.637. The normalized spacial score (nSPS) is 30.7. The van der Waals surface area contributed by atoms with Gasteiger partial charge in [-0.3, -0.25) is 0 Å². The van der Waals surface area contributed by atoms with Crippen LogP contribution in [0.25, 0.3) is 0 Å². The lowest BCUT2D eigenvalue weighted by Gasteiger charge is -2.37. The first kappa shape index (κ1) is 16.0. The lowest BCUT2D eigenvalue weighted by molar-refractivity contribution is 0.153. The lowest BCUT2D eigenvalue weighted by Crippen LogP contribution is -2.36. The van der Waals surface area contributed by atoms with Crippen molar-refractivity contribution in [3.05, 3.63) is 0 Å². The van der Waals surface area contributed by atoms with Crippen molar-refractivity contribution in [3.8, 4) is 0 Å².